The van der Waals surface area contributed by atoms with Crippen LogP contribution in [0.25, 0.3) is 0 Å². The number of aryl methyl sites for hydroxylation is 1. The van der Waals surface area contributed by atoms with Gasteiger partial charge < -0.3 is 14.9 Å². The van der Waals surface area contributed by atoms with E-state index in [1.165, 1.54) is 12.3 Å². The standard InChI is InChI=1S/C15H16N2O4/c1-11-14(19)13(18)5-8-17(11)7-3-9-21-15(20)12-4-2-6-16-10-12/h2,4-6,8,10,19H,3,7,9H2,1H3/p+1. The smallest absolute Gasteiger partial charge is 0.339 e. The van der Waals surface area contributed by atoms with Gasteiger partial charge >= 0.3 is 5.97 Å². The van der Waals surface area contributed by atoms with E-state index in [1.807, 2.05) is 0 Å². The molecule has 6 heteroatoms. The van der Waals surface area contributed by atoms with Crippen molar-refractivity contribution in [2.24, 2.45) is 0 Å². The highest BCUT2D eigenvalue weighted by atomic mass is 16.5. The molecular weight excluding hydrogens is 272 g/mol. The van der Waals surface area contributed by atoms with Crippen LogP contribution < -0.4 is 4.57 Å². The molecule has 0 aliphatic carbocycles. The number of nitrogens with zero attached hydrogens (tertiary/aromatic N) is 2. The van der Waals surface area contributed by atoms with E-state index >= 15 is 0 Å². The van der Waals surface area contributed by atoms with Crippen LogP contribution in [0.3, 0.4) is 0 Å². The minimum Gasteiger partial charge on any atom is -0.504 e. The van der Waals surface area contributed by atoms with Gasteiger partial charge in [0.2, 0.25) is 11.4 Å². The van der Waals surface area contributed by atoms with Crippen molar-refractivity contribution in [2.75, 3.05) is 6.61 Å². The maximum Gasteiger partial charge on any atom is 0.339 e. The zero-order valence-corrected chi connectivity index (χ0v) is 11.7. The molecule has 0 unspecified atom stereocenters. The van der Waals surface area contributed by atoms with E-state index in [0.717, 1.165) is 0 Å². The van der Waals surface area contributed by atoms with Gasteiger partial charge in [-0.3, -0.25) is 4.98 Å². The maximum atomic E-state index is 11.7. The van der Waals surface area contributed by atoms with E-state index in [2.05, 4.69) is 4.98 Å². The van der Waals surface area contributed by atoms with Gasteiger partial charge in [-0.2, -0.15) is 4.57 Å². The lowest BCUT2D eigenvalue weighted by molar-refractivity contribution is -0.703. The first kappa shape index (κ1) is 14.8. The van der Waals surface area contributed by atoms with Crippen molar-refractivity contribution >= 4 is 5.97 Å². The molecule has 0 aliphatic heterocycles. The quantitative estimate of drug-likeness (QED) is 0.493. The van der Waals surface area contributed by atoms with Crippen LogP contribution in [0.2, 0.25) is 0 Å². The third-order valence-electron chi connectivity index (χ3n) is 3.10. The van der Waals surface area contributed by atoms with E-state index in [0.29, 0.717) is 24.2 Å². The van der Waals surface area contributed by atoms with Crippen molar-refractivity contribution in [3.8, 4) is 11.5 Å². The summed E-state index contributed by atoms with van der Waals surface area (Å²) in [6, 6.07) is 4.74. The fraction of sp³-hybridized carbons (Fsp3) is 0.267. The predicted octanol–water partition coefficient (Wildman–Crippen LogP) is 1.34. The lowest BCUT2D eigenvalue weighted by Crippen LogP contribution is -2.37. The van der Waals surface area contributed by atoms with Crippen LogP contribution in [0.15, 0.2) is 36.8 Å². The van der Waals surface area contributed by atoms with Gasteiger partial charge in [0.1, 0.15) is 0 Å². The summed E-state index contributed by atoms with van der Waals surface area (Å²) in [5.74, 6) is -0.685. The number of hydrogen-bond donors (Lipinski definition) is 2. The molecule has 21 heavy (non-hydrogen) atoms. The molecule has 0 amide bonds. The van der Waals surface area contributed by atoms with Crippen molar-refractivity contribution in [1.29, 1.82) is 0 Å². The molecule has 0 bridgehead atoms. The minimum atomic E-state index is -0.404. The molecule has 6 nitrogen and oxygen atoms in total. The Kier molecular flexibility index (Phi) is 4.71. The second-order valence-corrected chi connectivity index (χ2v) is 4.56. The molecule has 2 rings (SSSR count). The Labute approximate surface area is 122 Å². The summed E-state index contributed by atoms with van der Waals surface area (Å²) in [6.07, 6.45) is 5.32. The maximum absolute atomic E-state index is 11.7. The summed E-state index contributed by atoms with van der Waals surface area (Å²) >= 11 is 0. The number of esters is 1. The molecule has 0 fully saturated rings. The van der Waals surface area contributed by atoms with Crippen LogP contribution in [-0.4, -0.2) is 27.8 Å². The number of rotatable bonds is 5. The van der Waals surface area contributed by atoms with Gasteiger partial charge in [0, 0.05) is 31.8 Å². The minimum absolute atomic E-state index is 0.134. The normalized spacial score (nSPS) is 10.3. The number of carbonyl (C=O) groups is 1. The van der Waals surface area contributed by atoms with Crippen molar-refractivity contribution in [2.45, 2.75) is 19.9 Å². The number of aromatic nitrogens is 2. The van der Waals surface area contributed by atoms with E-state index in [9.17, 15) is 15.0 Å². The summed E-state index contributed by atoms with van der Waals surface area (Å²) < 4.78 is 6.92. The molecule has 2 N–H and O–H groups in total. The van der Waals surface area contributed by atoms with Crippen molar-refractivity contribution in [3.63, 3.8) is 0 Å². The van der Waals surface area contributed by atoms with Gasteiger partial charge in [-0.05, 0) is 12.1 Å². The Morgan fingerprint density at radius 1 is 1.38 bits per heavy atom. The SMILES string of the molecule is Cc1c(O)c(O)cc[n+]1CCCOC(=O)c1cccnc1. The van der Waals surface area contributed by atoms with Crippen molar-refractivity contribution < 1.29 is 24.3 Å². The van der Waals surface area contributed by atoms with Gasteiger partial charge in [-0.1, -0.05) is 0 Å². The first-order valence-corrected chi connectivity index (χ1v) is 6.57. The molecule has 0 radical (unpaired) electrons. The zero-order chi connectivity index (χ0) is 15.2. The summed E-state index contributed by atoms with van der Waals surface area (Å²) in [5, 5.41) is 19.0. The van der Waals surface area contributed by atoms with Crippen LogP contribution in [0.5, 0.6) is 11.5 Å². The fourth-order valence-electron chi connectivity index (χ4n) is 1.88. The van der Waals surface area contributed by atoms with E-state index < -0.39 is 5.97 Å². The topological polar surface area (TPSA) is 83.5 Å². The highest BCUT2D eigenvalue weighted by molar-refractivity contribution is 5.88. The summed E-state index contributed by atoms with van der Waals surface area (Å²) in [6.45, 7) is 2.54. The van der Waals surface area contributed by atoms with Crippen LogP contribution in [0.1, 0.15) is 22.5 Å². The Bertz CT molecular complexity index is 629. The molecule has 0 aromatic carbocycles. The van der Waals surface area contributed by atoms with Crippen LogP contribution in [0.4, 0.5) is 0 Å². The number of hydrogen-bond acceptors (Lipinski definition) is 5. The largest absolute Gasteiger partial charge is 0.504 e. The monoisotopic (exact) mass is 289 g/mol. The molecule has 110 valence electrons. The lowest BCUT2D eigenvalue weighted by atomic mass is 10.3. The average Bonchev–Trinajstić information content (AvgIpc) is 2.51. The zero-order valence-electron chi connectivity index (χ0n) is 11.7. The molecule has 0 spiro atoms. The van der Waals surface area contributed by atoms with Gasteiger partial charge in [-0.25, -0.2) is 4.79 Å². The highest BCUT2D eigenvalue weighted by Gasteiger charge is 2.15. The lowest BCUT2D eigenvalue weighted by Gasteiger charge is -2.05. The molecule has 0 atom stereocenters. The molecule has 0 aliphatic rings. The van der Waals surface area contributed by atoms with E-state index in [4.69, 9.17) is 4.74 Å². The number of aromatic hydroxyl groups is 2. The predicted molar refractivity (Wildman–Crippen MR) is 73.8 cm³/mol. The Hall–Kier alpha value is -2.63. The van der Waals surface area contributed by atoms with E-state index in [1.54, 1.807) is 36.0 Å². The first-order chi connectivity index (χ1) is 10.1. The second-order valence-electron chi connectivity index (χ2n) is 4.56. The summed E-state index contributed by atoms with van der Waals surface area (Å²) in [5.41, 5.74) is 0.984. The van der Waals surface area contributed by atoms with Gasteiger partial charge in [-0.15, -0.1) is 0 Å². The van der Waals surface area contributed by atoms with Gasteiger partial charge in [0.05, 0.1) is 12.2 Å². The Morgan fingerprint density at radius 2 is 2.19 bits per heavy atom. The van der Waals surface area contributed by atoms with Crippen molar-refractivity contribution in [3.05, 3.63) is 48.0 Å². The third-order valence-corrected chi connectivity index (χ3v) is 3.10. The molecule has 2 aromatic rings. The first-order valence-electron chi connectivity index (χ1n) is 6.57. The Balaban J connectivity index is 1.83. The van der Waals surface area contributed by atoms with Crippen LogP contribution in [-0.2, 0) is 11.3 Å². The van der Waals surface area contributed by atoms with E-state index in [-0.39, 0.29) is 18.1 Å². The van der Waals surface area contributed by atoms with Crippen LogP contribution >= 0.6 is 0 Å². The van der Waals surface area contributed by atoms with Crippen LogP contribution in [0, 0.1) is 6.92 Å². The molecular formula is C15H17N2O4+. The highest BCUT2D eigenvalue weighted by Crippen LogP contribution is 2.24. The fourth-order valence-corrected chi connectivity index (χ4v) is 1.88. The molecule has 0 saturated heterocycles. The number of carbonyl (C=O) groups excluding carboxylic acids is 1. The third kappa shape index (κ3) is 3.68. The summed E-state index contributed by atoms with van der Waals surface area (Å²) in [4.78, 5) is 15.5. The van der Waals surface area contributed by atoms with Crippen molar-refractivity contribution in [1.82, 2.24) is 4.98 Å². The number of ether oxygens (including phenoxy) is 1. The van der Waals surface area contributed by atoms with Gasteiger partial charge in [0.15, 0.2) is 18.5 Å². The molecule has 2 heterocycles. The molecule has 2 aromatic heterocycles. The van der Waals surface area contributed by atoms with Gasteiger partial charge in [0.25, 0.3) is 0 Å². The average molecular weight is 289 g/mol. The molecule has 0 saturated carbocycles. The second kappa shape index (κ2) is 6.69. The summed E-state index contributed by atoms with van der Waals surface area (Å²) in [7, 11) is 0. The Morgan fingerprint density at radius 3 is 2.90 bits per heavy atom. The number of pyridine rings is 2.